The van der Waals surface area contributed by atoms with E-state index in [0.717, 1.165) is 32.1 Å². The van der Waals surface area contributed by atoms with Crippen LogP contribution in [0.25, 0.3) is 0 Å². The van der Waals surface area contributed by atoms with Crippen molar-refractivity contribution in [2.45, 2.75) is 38.1 Å². The number of carbonyl (C=O) groups is 2. The zero-order valence-electron chi connectivity index (χ0n) is 9.37. The Hall–Kier alpha value is -1.32. The third-order valence-corrected chi connectivity index (χ3v) is 3.01. The van der Waals surface area contributed by atoms with Gasteiger partial charge in [0.25, 0.3) is 0 Å². The highest BCUT2D eigenvalue weighted by molar-refractivity contribution is 5.86. The summed E-state index contributed by atoms with van der Waals surface area (Å²) in [6, 6.07) is 0.363. The van der Waals surface area contributed by atoms with Crippen molar-refractivity contribution in [2.24, 2.45) is 5.92 Å². The van der Waals surface area contributed by atoms with Crippen molar-refractivity contribution in [1.82, 2.24) is 10.6 Å². The summed E-state index contributed by atoms with van der Waals surface area (Å²) in [4.78, 5) is 23.0. The molecule has 16 heavy (non-hydrogen) atoms. The maximum Gasteiger partial charge on any atom is 0.239 e. The van der Waals surface area contributed by atoms with Crippen LogP contribution in [0, 0.1) is 5.92 Å². The lowest BCUT2D eigenvalue weighted by molar-refractivity contribution is -0.128. The summed E-state index contributed by atoms with van der Waals surface area (Å²) in [5.74, 6) is -0.00350. The van der Waals surface area contributed by atoms with Gasteiger partial charge >= 0.3 is 0 Å². The Labute approximate surface area is 95.5 Å². The Morgan fingerprint density at radius 3 is 2.62 bits per heavy atom. The number of nitrogens with one attached hydrogen (secondary N) is 2. The smallest absolute Gasteiger partial charge is 0.239 e. The summed E-state index contributed by atoms with van der Waals surface area (Å²) in [6.07, 6.45) is 8.96. The van der Waals surface area contributed by atoms with Gasteiger partial charge in [-0.2, -0.15) is 0 Å². The zero-order valence-corrected chi connectivity index (χ0v) is 9.37. The van der Waals surface area contributed by atoms with Crippen LogP contribution < -0.4 is 10.6 Å². The van der Waals surface area contributed by atoms with Crippen LogP contribution >= 0.6 is 0 Å². The van der Waals surface area contributed by atoms with Crippen LogP contribution in [0.2, 0.25) is 0 Å². The summed E-state index contributed by atoms with van der Waals surface area (Å²) >= 11 is 0. The first-order valence-corrected chi connectivity index (χ1v) is 5.98. The second-order valence-corrected chi connectivity index (χ2v) is 4.54. The molecule has 0 saturated heterocycles. The van der Waals surface area contributed by atoms with Crippen molar-refractivity contribution < 1.29 is 9.59 Å². The van der Waals surface area contributed by atoms with E-state index in [4.69, 9.17) is 0 Å². The second kappa shape index (κ2) is 5.14. The van der Waals surface area contributed by atoms with Gasteiger partial charge in [0.1, 0.15) is 0 Å². The molecule has 1 fully saturated rings. The fourth-order valence-electron chi connectivity index (χ4n) is 1.85. The van der Waals surface area contributed by atoms with Crippen LogP contribution in [0.5, 0.6) is 0 Å². The lowest BCUT2D eigenvalue weighted by atomic mass is 9.94. The van der Waals surface area contributed by atoms with Crippen molar-refractivity contribution >= 4 is 11.8 Å². The Kier molecular flexibility index (Phi) is 3.59. The summed E-state index contributed by atoms with van der Waals surface area (Å²) in [7, 11) is 0. The Morgan fingerprint density at radius 1 is 1.19 bits per heavy atom. The molecule has 2 amide bonds. The summed E-state index contributed by atoms with van der Waals surface area (Å²) in [5, 5.41) is 5.54. The van der Waals surface area contributed by atoms with Gasteiger partial charge < -0.3 is 10.6 Å². The SMILES string of the molecule is O=C(CNC(=O)[C@@H]1CC=CCC1)NC1CC1. The maximum atomic E-state index is 11.7. The third-order valence-electron chi connectivity index (χ3n) is 3.01. The van der Waals surface area contributed by atoms with Gasteiger partial charge in [0, 0.05) is 12.0 Å². The minimum absolute atomic E-state index is 0.00953. The maximum absolute atomic E-state index is 11.7. The van der Waals surface area contributed by atoms with Gasteiger partial charge in [0.2, 0.25) is 11.8 Å². The predicted molar refractivity (Wildman–Crippen MR) is 60.7 cm³/mol. The van der Waals surface area contributed by atoms with Gasteiger partial charge in [-0.05, 0) is 32.1 Å². The molecule has 4 heteroatoms. The van der Waals surface area contributed by atoms with Gasteiger partial charge in [-0.25, -0.2) is 0 Å². The minimum Gasteiger partial charge on any atom is -0.352 e. The second-order valence-electron chi connectivity index (χ2n) is 4.54. The molecular weight excluding hydrogens is 204 g/mol. The molecule has 0 aromatic rings. The number of amides is 2. The van der Waals surface area contributed by atoms with E-state index in [0.29, 0.717) is 6.04 Å². The van der Waals surface area contributed by atoms with Crippen LogP contribution in [0.4, 0.5) is 0 Å². The van der Waals surface area contributed by atoms with Gasteiger partial charge in [-0.1, -0.05) is 12.2 Å². The molecule has 2 aliphatic carbocycles. The average molecular weight is 222 g/mol. The molecule has 2 N–H and O–H groups in total. The Bertz CT molecular complexity index is 308. The number of hydrogen-bond donors (Lipinski definition) is 2. The lowest BCUT2D eigenvalue weighted by Gasteiger charge is -2.16. The fraction of sp³-hybridized carbons (Fsp3) is 0.667. The first kappa shape index (κ1) is 11.2. The number of hydrogen-bond acceptors (Lipinski definition) is 2. The van der Waals surface area contributed by atoms with Gasteiger partial charge in [-0.15, -0.1) is 0 Å². The topological polar surface area (TPSA) is 58.2 Å². The molecule has 2 aliphatic rings. The highest BCUT2D eigenvalue weighted by atomic mass is 16.2. The molecule has 1 saturated carbocycles. The molecular formula is C12H18N2O2. The van der Waals surface area contributed by atoms with Crippen LogP contribution in [0.3, 0.4) is 0 Å². The molecule has 0 bridgehead atoms. The average Bonchev–Trinajstić information content (AvgIpc) is 3.11. The summed E-state index contributed by atoms with van der Waals surface area (Å²) < 4.78 is 0. The van der Waals surface area contributed by atoms with Crippen LogP contribution in [0.1, 0.15) is 32.1 Å². The highest BCUT2D eigenvalue weighted by Gasteiger charge is 2.24. The largest absolute Gasteiger partial charge is 0.352 e. The number of rotatable bonds is 4. The van der Waals surface area contributed by atoms with E-state index < -0.39 is 0 Å². The van der Waals surface area contributed by atoms with E-state index in [-0.39, 0.29) is 24.3 Å². The zero-order chi connectivity index (χ0) is 11.4. The molecule has 0 spiro atoms. The number of allylic oxidation sites excluding steroid dienone is 2. The van der Waals surface area contributed by atoms with Crippen LogP contribution in [0.15, 0.2) is 12.2 Å². The van der Waals surface area contributed by atoms with Crippen molar-refractivity contribution in [1.29, 1.82) is 0 Å². The van der Waals surface area contributed by atoms with E-state index >= 15 is 0 Å². The van der Waals surface area contributed by atoms with E-state index in [1.807, 2.05) is 6.08 Å². The molecule has 0 aromatic heterocycles. The molecule has 4 nitrogen and oxygen atoms in total. The number of carbonyl (C=O) groups excluding carboxylic acids is 2. The monoisotopic (exact) mass is 222 g/mol. The third kappa shape index (κ3) is 3.36. The van der Waals surface area contributed by atoms with Gasteiger partial charge in [-0.3, -0.25) is 9.59 Å². The molecule has 2 rings (SSSR count). The standard InChI is InChI=1S/C12H18N2O2/c15-11(14-10-6-7-10)8-13-12(16)9-4-2-1-3-5-9/h1-2,9-10H,3-8H2,(H,13,16)(H,14,15)/t9-/m1/s1. The van der Waals surface area contributed by atoms with E-state index in [1.165, 1.54) is 0 Å². The van der Waals surface area contributed by atoms with Crippen LogP contribution in [-0.4, -0.2) is 24.4 Å². The molecule has 0 heterocycles. The van der Waals surface area contributed by atoms with Crippen LogP contribution in [-0.2, 0) is 9.59 Å². The predicted octanol–water partition coefficient (Wildman–Crippen LogP) is 0.737. The van der Waals surface area contributed by atoms with Crippen molar-refractivity contribution in [3.8, 4) is 0 Å². The van der Waals surface area contributed by atoms with E-state index in [2.05, 4.69) is 16.7 Å². The Balaban J connectivity index is 1.65. The Morgan fingerprint density at radius 2 is 2.00 bits per heavy atom. The fourth-order valence-corrected chi connectivity index (χ4v) is 1.85. The minimum atomic E-state index is -0.0674. The summed E-state index contributed by atoms with van der Waals surface area (Å²) in [5.41, 5.74) is 0. The van der Waals surface area contributed by atoms with Gasteiger partial charge in [0.05, 0.1) is 6.54 Å². The highest BCUT2D eigenvalue weighted by Crippen LogP contribution is 2.19. The van der Waals surface area contributed by atoms with Crippen molar-refractivity contribution in [3.63, 3.8) is 0 Å². The molecule has 1 atom stereocenters. The molecule has 0 aromatic carbocycles. The van der Waals surface area contributed by atoms with E-state index in [9.17, 15) is 9.59 Å². The molecule has 0 aliphatic heterocycles. The first-order valence-electron chi connectivity index (χ1n) is 5.98. The summed E-state index contributed by atoms with van der Waals surface area (Å²) in [6.45, 7) is 0.121. The van der Waals surface area contributed by atoms with E-state index in [1.54, 1.807) is 0 Å². The molecule has 88 valence electrons. The quantitative estimate of drug-likeness (QED) is 0.689. The normalized spacial score (nSPS) is 23.9. The van der Waals surface area contributed by atoms with Gasteiger partial charge in [0.15, 0.2) is 0 Å². The lowest BCUT2D eigenvalue weighted by Crippen LogP contribution is -2.40. The van der Waals surface area contributed by atoms with Crippen molar-refractivity contribution in [3.05, 3.63) is 12.2 Å². The first-order chi connectivity index (χ1) is 7.75. The molecule has 0 unspecified atom stereocenters. The molecule has 0 radical (unpaired) electrons. The van der Waals surface area contributed by atoms with Crippen molar-refractivity contribution in [2.75, 3.05) is 6.54 Å².